The molecule has 2 rings (SSSR count). The number of aryl methyl sites for hydroxylation is 1. The van der Waals surface area contributed by atoms with E-state index in [0.717, 1.165) is 12.2 Å². The highest BCUT2D eigenvalue weighted by atomic mass is 32.1. The monoisotopic (exact) mass is 237 g/mol. The van der Waals surface area contributed by atoms with E-state index in [0.29, 0.717) is 6.54 Å². The molecule has 0 aromatic carbocycles. The van der Waals surface area contributed by atoms with Crippen LogP contribution in [0.25, 0.3) is 0 Å². The second-order valence-electron chi connectivity index (χ2n) is 3.81. The molecule has 1 atom stereocenters. The van der Waals surface area contributed by atoms with Crippen LogP contribution < -0.4 is 5.73 Å². The molecular weight excluding hydrogens is 222 g/mol. The second kappa shape index (κ2) is 4.71. The van der Waals surface area contributed by atoms with Crippen molar-refractivity contribution >= 4 is 11.3 Å². The lowest BCUT2D eigenvalue weighted by Gasteiger charge is -2.11. The van der Waals surface area contributed by atoms with Crippen molar-refractivity contribution in [3.63, 3.8) is 0 Å². The van der Waals surface area contributed by atoms with Crippen LogP contribution in [0, 0.1) is 6.92 Å². The van der Waals surface area contributed by atoms with Crippen molar-refractivity contribution in [3.05, 3.63) is 27.7 Å². The van der Waals surface area contributed by atoms with Gasteiger partial charge in [0.15, 0.2) is 5.82 Å². The van der Waals surface area contributed by atoms with Gasteiger partial charge in [-0.2, -0.15) is 0 Å². The first-order valence-corrected chi connectivity index (χ1v) is 6.04. The third-order valence-electron chi connectivity index (χ3n) is 2.45. The zero-order valence-electron chi connectivity index (χ0n) is 9.42. The minimum Gasteiger partial charge on any atom is -0.324 e. The predicted octanol–water partition coefficient (Wildman–Crippen LogP) is 1.31. The van der Waals surface area contributed by atoms with E-state index in [1.54, 1.807) is 4.68 Å². The van der Waals surface area contributed by atoms with Gasteiger partial charge in [-0.05, 0) is 36.4 Å². The molecule has 0 fully saturated rings. The molecule has 0 aliphatic carbocycles. The van der Waals surface area contributed by atoms with E-state index >= 15 is 0 Å². The third-order valence-corrected chi connectivity index (χ3v) is 3.48. The van der Waals surface area contributed by atoms with Gasteiger partial charge in [-0.1, -0.05) is 0 Å². The van der Waals surface area contributed by atoms with Crippen LogP contribution in [0.4, 0.5) is 0 Å². The van der Waals surface area contributed by atoms with Gasteiger partial charge in [0.05, 0.1) is 12.6 Å². The van der Waals surface area contributed by atoms with Gasteiger partial charge in [-0.3, -0.25) is 0 Å². The summed E-state index contributed by atoms with van der Waals surface area (Å²) < 4.78 is 1.80. The van der Waals surface area contributed by atoms with E-state index < -0.39 is 0 Å². The lowest BCUT2D eigenvalue weighted by molar-refractivity contribution is 0.460. The maximum Gasteiger partial charge on any atom is 0.165 e. The Labute approximate surface area is 98.3 Å². The minimum absolute atomic E-state index is 0.242. The number of thiophene rings is 1. The quantitative estimate of drug-likeness (QED) is 0.870. The molecule has 0 radical (unpaired) electrons. The van der Waals surface area contributed by atoms with Crippen molar-refractivity contribution in [2.75, 3.05) is 0 Å². The van der Waals surface area contributed by atoms with Gasteiger partial charge in [-0.25, -0.2) is 4.68 Å². The number of tetrazole rings is 1. The van der Waals surface area contributed by atoms with Crippen LogP contribution in [0.1, 0.15) is 28.5 Å². The topological polar surface area (TPSA) is 69.6 Å². The Morgan fingerprint density at radius 1 is 1.50 bits per heavy atom. The maximum absolute atomic E-state index is 5.57. The highest BCUT2D eigenvalue weighted by molar-refractivity contribution is 7.11. The molecule has 2 N–H and O–H groups in total. The zero-order chi connectivity index (χ0) is 11.5. The number of rotatable bonds is 4. The summed E-state index contributed by atoms with van der Waals surface area (Å²) in [6.45, 7) is 4.59. The summed E-state index contributed by atoms with van der Waals surface area (Å²) in [5, 5.41) is 11.5. The van der Waals surface area contributed by atoms with Crippen LogP contribution in [-0.2, 0) is 13.0 Å². The maximum atomic E-state index is 5.57. The van der Waals surface area contributed by atoms with Gasteiger partial charge in [-0.15, -0.1) is 16.4 Å². The number of hydrogen-bond acceptors (Lipinski definition) is 5. The highest BCUT2D eigenvalue weighted by Crippen LogP contribution is 2.21. The largest absolute Gasteiger partial charge is 0.324 e. The van der Waals surface area contributed by atoms with E-state index in [2.05, 4.69) is 41.5 Å². The molecule has 0 aliphatic rings. The van der Waals surface area contributed by atoms with Gasteiger partial charge in [0.1, 0.15) is 0 Å². The van der Waals surface area contributed by atoms with Crippen molar-refractivity contribution in [1.29, 1.82) is 0 Å². The molecule has 16 heavy (non-hydrogen) atoms. The molecule has 0 amide bonds. The fourth-order valence-corrected chi connectivity index (χ4v) is 2.67. The number of nitrogens with zero attached hydrogens (tertiary/aromatic N) is 4. The molecule has 2 heterocycles. The van der Waals surface area contributed by atoms with E-state index in [1.165, 1.54) is 9.75 Å². The SMILES string of the molecule is Cc1ccc(CC(C)n2nnnc2CN)s1. The van der Waals surface area contributed by atoms with Crippen molar-refractivity contribution in [1.82, 2.24) is 20.2 Å². The standard InChI is InChI=1S/C10H15N5S/c1-7(5-9-4-3-8(2)16-9)15-10(6-11)12-13-14-15/h3-4,7H,5-6,11H2,1-2H3. The molecule has 1 unspecified atom stereocenters. The Morgan fingerprint density at radius 2 is 2.31 bits per heavy atom. The van der Waals surface area contributed by atoms with Crippen molar-refractivity contribution < 1.29 is 0 Å². The molecule has 86 valence electrons. The number of aromatic nitrogens is 4. The molecule has 2 aromatic rings. The molecule has 0 spiro atoms. The summed E-state index contributed by atoms with van der Waals surface area (Å²) in [5.41, 5.74) is 5.57. The normalized spacial score (nSPS) is 12.9. The first-order valence-electron chi connectivity index (χ1n) is 5.23. The van der Waals surface area contributed by atoms with Crippen LogP contribution in [0.3, 0.4) is 0 Å². The average molecular weight is 237 g/mol. The highest BCUT2D eigenvalue weighted by Gasteiger charge is 2.12. The van der Waals surface area contributed by atoms with Crippen molar-refractivity contribution in [3.8, 4) is 0 Å². The first-order chi connectivity index (χ1) is 7.70. The number of hydrogen-bond donors (Lipinski definition) is 1. The van der Waals surface area contributed by atoms with Gasteiger partial charge in [0.25, 0.3) is 0 Å². The molecule has 0 aliphatic heterocycles. The summed E-state index contributed by atoms with van der Waals surface area (Å²) in [6, 6.07) is 4.53. The van der Waals surface area contributed by atoms with Gasteiger partial charge in [0, 0.05) is 16.2 Å². The van der Waals surface area contributed by atoms with E-state index in [9.17, 15) is 0 Å². The van der Waals surface area contributed by atoms with Gasteiger partial charge in [0.2, 0.25) is 0 Å². The zero-order valence-corrected chi connectivity index (χ0v) is 10.2. The van der Waals surface area contributed by atoms with Crippen molar-refractivity contribution in [2.24, 2.45) is 5.73 Å². The van der Waals surface area contributed by atoms with Crippen LogP contribution in [-0.4, -0.2) is 20.2 Å². The third kappa shape index (κ3) is 2.28. The fraction of sp³-hybridized carbons (Fsp3) is 0.500. The molecule has 2 aromatic heterocycles. The summed E-state index contributed by atoms with van der Waals surface area (Å²) in [5.74, 6) is 0.737. The molecular formula is C10H15N5S. The van der Waals surface area contributed by atoms with E-state index in [1.807, 2.05) is 11.3 Å². The molecule has 0 bridgehead atoms. The molecule has 0 saturated heterocycles. The summed E-state index contributed by atoms with van der Waals surface area (Å²) in [7, 11) is 0. The summed E-state index contributed by atoms with van der Waals surface area (Å²) in [4.78, 5) is 2.68. The second-order valence-corrected chi connectivity index (χ2v) is 5.18. The number of nitrogens with two attached hydrogens (primary N) is 1. The van der Waals surface area contributed by atoms with Crippen LogP contribution in [0.2, 0.25) is 0 Å². The smallest absolute Gasteiger partial charge is 0.165 e. The van der Waals surface area contributed by atoms with Crippen LogP contribution in [0.15, 0.2) is 12.1 Å². The summed E-state index contributed by atoms with van der Waals surface area (Å²) in [6.07, 6.45) is 0.941. The Morgan fingerprint density at radius 3 is 2.94 bits per heavy atom. The lowest BCUT2D eigenvalue weighted by atomic mass is 10.2. The Kier molecular flexibility index (Phi) is 3.31. The summed E-state index contributed by atoms with van der Waals surface area (Å²) >= 11 is 1.81. The average Bonchev–Trinajstić information content (AvgIpc) is 2.86. The Balaban J connectivity index is 2.11. The van der Waals surface area contributed by atoms with Crippen LogP contribution in [0.5, 0.6) is 0 Å². The van der Waals surface area contributed by atoms with E-state index in [-0.39, 0.29) is 6.04 Å². The van der Waals surface area contributed by atoms with Gasteiger partial charge < -0.3 is 5.73 Å². The Hall–Kier alpha value is -1.27. The first kappa shape index (κ1) is 11.2. The molecule has 0 saturated carbocycles. The van der Waals surface area contributed by atoms with Crippen LogP contribution >= 0.6 is 11.3 Å². The molecule has 5 nitrogen and oxygen atoms in total. The Bertz CT molecular complexity index is 461. The van der Waals surface area contributed by atoms with E-state index in [4.69, 9.17) is 5.73 Å². The molecule has 6 heteroatoms. The lowest BCUT2D eigenvalue weighted by Crippen LogP contribution is -2.15. The predicted molar refractivity (Wildman–Crippen MR) is 63.2 cm³/mol. The minimum atomic E-state index is 0.242. The fourth-order valence-electron chi connectivity index (χ4n) is 1.66. The van der Waals surface area contributed by atoms with Gasteiger partial charge >= 0.3 is 0 Å². The van der Waals surface area contributed by atoms with Crippen molar-refractivity contribution in [2.45, 2.75) is 32.9 Å².